The number of nitrogens with one attached hydrogen (secondary N) is 1. The van der Waals surface area contributed by atoms with E-state index in [0.29, 0.717) is 22.2 Å². The van der Waals surface area contributed by atoms with Crippen molar-refractivity contribution >= 4 is 39.6 Å². The van der Waals surface area contributed by atoms with Crippen LogP contribution < -0.4 is 4.72 Å². The topological polar surface area (TPSA) is 106 Å². The number of halogens is 1. The van der Waals surface area contributed by atoms with E-state index in [2.05, 4.69) is 4.72 Å². The van der Waals surface area contributed by atoms with E-state index in [1.54, 1.807) is 24.0 Å². The number of rotatable bonds is 7. The molecule has 1 saturated carbocycles. The zero-order valence-electron chi connectivity index (χ0n) is 19.5. The molecule has 1 aromatic heterocycles. The fourth-order valence-corrected chi connectivity index (χ4v) is 5.67. The van der Waals surface area contributed by atoms with Crippen LogP contribution in [0.5, 0.6) is 0 Å². The number of amides is 1. The number of benzene rings is 1. The maximum atomic E-state index is 13.4. The van der Waals surface area contributed by atoms with Crippen molar-refractivity contribution in [2.45, 2.75) is 56.5 Å². The Kier molecular flexibility index (Phi) is 7.49. The van der Waals surface area contributed by atoms with Gasteiger partial charge in [-0.1, -0.05) is 30.9 Å². The number of sulfonamides is 1. The molecule has 8 nitrogen and oxygen atoms in total. The fourth-order valence-electron chi connectivity index (χ4n) is 4.55. The van der Waals surface area contributed by atoms with E-state index in [-0.39, 0.29) is 34.5 Å². The summed E-state index contributed by atoms with van der Waals surface area (Å²) in [6.45, 7) is 1.67. The number of methoxy groups -OCH3 is 1. The number of hydrogen-bond donors (Lipinski definition) is 1. The summed E-state index contributed by atoms with van der Waals surface area (Å²) in [5.41, 5.74) is 1.02. The van der Waals surface area contributed by atoms with Gasteiger partial charge in [-0.2, -0.15) is 0 Å². The van der Waals surface area contributed by atoms with Crippen molar-refractivity contribution in [2.75, 3.05) is 7.11 Å². The fraction of sp³-hybridized carbons (Fsp3) is 0.360. The molecule has 0 radical (unpaired) electrons. The summed E-state index contributed by atoms with van der Waals surface area (Å²) in [6, 6.07) is 9.11. The third kappa shape index (κ3) is 5.37. The molecule has 0 bridgehead atoms. The van der Waals surface area contributed by atoms with Crippen LogP contribution in [0.2, 0.25) is 5.02 Å². The molecule has 186 valence electrons. The van der Waals surface area contributed by atoms with Crippen LogP contribution in [0, 0.1) is 0 Å². The molecule has 1 fully saturated rings. The number of hydrogen-bond acceptors (Lipinski definition) is 6. The van der Waals surface area contributed by atoms with Gasteiger partial charge in [0.05, 0.1) is 29.7 Å². The van der Waals surface area contributed by atoms with Crippen LogP contribution in [0.4, 0.5) is 0 Å². The lowest BCUT2D eigenvalue weighted by Crippen LogP contribution is -2.37. The highest BCUT2D eigenvalue weighted by atomic mass is 35.5. The first-order valence-electron chi connectivity index (χ1n) is 11.4. The van der Waals surface area contributed by atoms with Gasteiger partial charge in [0.25, 0.3) is 5.91 Å². The van der Waals surface area contributed by atoms with E-state index in [9.17, 15) is 18.0 Å². The molecule has 2 aromatic rings. The SMILES string of the molecule is COC(=O)C1=C(C)N(C2CCCCC2)C(=O)/C1=C/c1ccc(CNS(=O)(=O)c2ccc(Cl)cc2)o1. The van der Waals surface area contributed by atoms with Gasteiger partial charge in [-0.25, -0.2) is 17.9 Å². The molecule has 1 aliphatic heterocycles. The molecule has 1 N–H and O–H groups in total. The van der Waals surface area contributed by atoms with Crippen molar-refractivity contribution in [1.29, 1.82) is 0 Å². The summed E-state index contributed by atoms with van der Waals surface area (Å²) in [5, 5.41) is 0.437. The van der Waals surface area contributed by atoms with E-state index < -0.39 is 16.0 Å². The Labute approximate surface area is 209 Å². The van der Waals surface area contributed by atoms with Crippen molar-refractivity contribution in [3.8, 4) is 0 Å². The number of carbonyl (C=O) groups excluding carboxylic acids is 2. The number of furan rings is 1. The summed E-state index contributed by atoms with van der Waals surface area (Å²) in [5.74, 6) is -0.155. The first-order valence-corrected chi connectivity index (χ1v) is 13.3. The quantitative estimate of drug-likeness (QED) is 0.429. The van der Waals surface area contributed by atoms with Crippen molar-refractivity contribution in [3.05, 3.63) is 69.8 Å². The molecule has 0 saturated heterocycles. The van der Waals surface area contributed by atoms with Crippen LogP contribution in [-0.2, 0) is 30.9 Å². The van der Waals surface area contributed by atoms with Gasteiger partial charge in [0.15, 0.2) is 0 Å². The van der Waals surface area contributed by atoms with Crippen molar-refractivity contribution < 1.29 is 27.2 Å². The van der Waals surface area contributed by atoms with Gasteiger partial charge in [-0.05, 0) is 62.2 Å². The first kappa shape index (κ1) is 25.2. The third-order valence-corrected chi connectivity index (χ3v) is 7.97. The second-order valence-corrected chi connectivity index (χ2v) is 10.8. The van der Waals surface area contributed by atoms with Crippen LogP contribution in [0.25, 0.3) is 6.08 Å². The van der Waals surface area contributed by atoms with Crippen molar-refractivity contribution in [1.82, 2.24) is 9.62 Å². The summed E-state index contributed by atoms with van der Waals surface area (Å²) in [7, 11) is -2.48. The Morgan fingerprint density at radius 3 is 2.51 bits per heavy atom. The number of esters is 1. The van der Waals surface area contributed by atoms with Crippen LogP contribution in [0.15, 0.2) is 62.6 Å². The molecule has 1 aromatic carbocycles. The minimum atomic E-state index is -3.76. The molecular weight excluding hydrogens is 492 g/mol. The predicted octanol–water partition coefficient (Wildman–Crippen LogP) is 4.42. The normalized spacial score (nSPS) is 18.5. The van der Waals surface area contributed by atoms with Gasteiger partial charge in [0.2, 0.25) is 10.0 Å². The third-order valence-electron chi connectivity index (χ3n) is 6.30. The van der Waals surface area contributed by atoms with Crippen LogP contribution in [-0.4, -0.2) is 38.3 Å². The van der Waals surface area contributed by atoms with E-state index in [0.717, 1.165) is 32.1 Å². The largest absolute Gasteiger partial charge is 0.465 e. The first-order chi connectivity index (χ1) is 16.7. The van der Waals surface area contributed by atoms with Gasteiger partial charge in [0, 0.05) is 16.8 Å². The lowest BCUT2D eigenvalue weighted by molar-refractivity contribution is -0.136. The minimum Gasteiger partial charge on any atom is -0.465 e. The highest BCUT2D eigenvalue weighted by molar-refractivity contribution is 7.89. The maximum Gasteiger partial charge on any atom is 0.340 e. The zero-order valence-corrected chi connectivity index (χ0v) is 21.1. The van der Waals surface area contributed by atoms with Gasteiger partial charge < -0.3 is 14.1 Å². The second kappa shape index (κ2) is 10.4. The van der Waals surface area contributed by atoms with Crippen LogP contribution in [0.1, 0.15) is 50.5 Å². The smallest absolute Gasteiger partial charge is 0.340 e. The van der Waals surface area contributed by atoms with Crippen LogP contribution in [0.3, 0.4) is 0 Å². The lowest BCUT2D eigenvalue weighted by Gasteiger charge is -2.32. The van der Waals surface area contributed by atoms with Gasteiger partial charge in [-0.3, -0.25) is 4.79 Å². The molecule has 0 atom stereocenters. The van der Waals surface area contributed by atoms with E-state index in [1.807, 2.05) is 0 Å². The Hall–Kier alpha value is -2.88. The predicted molar refractivity (Wildman–Crippen MR) is 131 cm³/mol. The molecular formula is C25H27ClN2O6S. The Morgan fingerprint density at radius 1 is 1.17 bits per heavy atom. The van der Waals surface area contributed by atoms with Crippen molar-refractivity contribution in [3.63, 3.8) is 0 Å². The van der Waals surface area contributed by atoms with E-state index in [4.69, 9.17) is 20.8 Å². The minimum absolute atomic E-state index is 0.0521. The van der Waals surface area contributed by atoms with Gasteiger partial charge >= 0.3 is 5.97 Å². The highest BCUT2D eigenvalue weighted by Crippen LogP contribution is 2.37. The average Bonchev–Trinajstić information content (AvgIpc) is 3.40. The monoisotopic (exact) mass is 518 g/mol. The average molecular weight is 519 g/mol. The lowest BCUT2D eigenvalue weighted by atomic mass is 9.94. The molecule has 10 heteroatoms. The summed E-state index contributed by atoms with van der Waals surface area (Å²) >= 11 is 5.82. The van der Waals surface area contributed by atoms with E-state index >= 15 is 0 Å². The maximum absolute atomic E-state index is 13.4. The molecule has 0 spiro atoms. The standard InChI is InChI=1S/C25H27ClN2O6S/c1-16-23(25(30)33-2)22(24(29)28(16)18-6-4-3-5-7-18)14-19-10-11-20(34-19)15-27-35(31,32)21-12-8-17(26)9-13-21/h8-14,18,27H,3-7,15H2,1-2H3/b22-14+. The highest BCUT2D eigenvalue weighted by Gasteiger charge is 2.40. The van der Waals surface area contributed by atoms with Gasteiger partial charge in [0.1, 0.15) is 11.5 Å². The molecule has 35 heavy (non-hydrogen) atoms. The molecule has 1 amide bonds. The Balaban J connectivity index is 1.55. The number of nitrogens with zero attached hydrogens (tertiary/aromatic N) is 1. The Morgan fingerprint density at radius 2 is 1.86 bits per heavy atom. The molecule has 0 unspecified atom stereocenters. The Bertz CT molecular complexity index is 1290. The molecule has 1 aliphatic carbocycles. The summed E-state index contributed by atoms with van der Waals surface area (Å²) < 4.78 is 38.2. The number of ether oxygens (including phenoxy) is 1. The second-order valence-electron chi connectivity index (χ2n) is 8.56. The summed E-state index contributed by atoms with van der Waals surface area (Å²) in [4.78, 5) is 27.7. The molecule has 4 rings (SSSR count). The zero-order chi connectivity index (χ0) is 25.2. The molecule has 2 aliphatic rings. The summed E-state index contributed by atoms with van der Waals surface area (Å²) in [6.07, 6.45) is 6.53. The molecule has 2 heterocycles. The number of allylic oxidation sites excluding steroid dienone is 1. The number of carbonyl (C=O) groups is 2. The van der Waals surface area contributed by atoms with Crippen molar-refractivity contribution in [2.24, 2.45) is 0 Å². The van der Waals surface area contributed by atoms with Gasteiger partial charge in [-0.15, -0.1) is 0 Å². The van der Waals surface area contributed by atoms with Crippen LogP contribution >= 0.6 is 11.6 Å². The van der Waals surface area contributed by atoms with E-state index in [1.165, 1.54) is 37.5 Å².